The Labute approximate surface area is 129 Å². The van der Waals surface area contributed by atoms with E-state index >= 15 is 0 Å². The van der Waals surface area contributed by atoms with Gasteiger partial charge in [-0.1, -0.05) is 38.0 Å². The Morgan fingerprint density at radius 2 is 2.05 bits per heavy atom. The van der Waals surface area contributed by atoms with Crippen LogP contribution in [-0.4, -0.2) is 23.0 Å². The first-order valence-electron chi connectivity index (χ1n) is 7.76. The van der Waals surface area contributed by atoms with Crippen LogP contribution in [-0.2, 0) is 16.0 Å². The molecule has 0 aliphatic heterocycles. The van der Waals surface area contributed by atoms with Crippen molar-refractivity contribution in [3.05, 3.63) is 35.6 Å². The van der Waals surface area contributed by atoms with Crippen molar-refractivity contribution in [1.82, 2.24) is 5.32 Å². The molecule has 1 aliphatic rings. The lowest BCUT2D eigenvalue weighted by Crippen LogP contribution is -2.45. The summed E-state index contributed by atoms with van der Waals surface area (Å²) in [5.41, 5.74) is -0.127. The van der Waals surface area contributed by atoms with E-state index in [1.54, 1.807) is 18.2 Å². The SMILES string of the molecule is CCCC[C@H](NC(=O)C1(Cc2ccccc2F)CC1)C(=O)O. The summed E-state index contributed by atoms with van der Waals surface area (Å²) < 4.78 is 13.7. The van der Waals surface area contributed by atoms with Gasteiger partial charge in [0.1, 0.15) is 11.9 Å². The first-order chi connectivity index (χ1) is 10.5. The van der Waals surface area contributed by atoms with E-state index in [1.165, 1.54) is 6.07 Å². The van der Waals surface area contributed by atoms with Gasteiger partial charge in [0.25, 0.3) is 0 Å². The maximum absolute atomic E-state index is 13.7. The van der Waals surface area contributed by atoms with E-state index < -0.39 is 17.4 Å². The molecule has 1 amide bonds. The summed E-state index contributed by atoms with van der Waals surface area (Å²) in [4.78, 5) is 23.6. The molecule has 1 aromatic carbocycles. The number of carbonyl (C=O) groups excluding carboxylic acids is 1. The number of halogens is 1. The van der Waals surface area contributed by atoms with Crippen molar-refractivity contribution >= 4 is 11.9 Å². The first kappa shape index (κ1) is 16.5. The van der Waals surface area contributed by atoms with Gasteiger partial charge in [-0.3, -0.25) is 4.79 Å². The van der Waals surface area contributed by atoms with Crippen LogP contribution in [0.1, 0.15) is 44.6 Å². The molecule has 1 atom stereocenters. The largest absolute Gasteiger partial charge is 0.480 e. The molecule has 0 aromatic heterocycles. The number of hydrogen-bond donors (Lipinski definition) is 2. The molecule has 4 nitrogen and oxygen atoms in total. The number of nitrogens with one attached hydrogen (secondary N) is 1. The van der Waals surface area contributed by atoms with Gasteiger partial charge >= 0.3 is 5.97 Å². The van der Waals surface area contributed by atoms with Crippen molar-refractivity contribution < 1.29 is 19.1 Å². The predicted molar refractivity (Wildman–Crippen MR) is 80.9 cm³/mol. The summed E-state index contributed by atoms with van der Waals surface area (Å²) in [5, 5.41) is 11.8. The first-order valence-corrected chi connectivity index (χ1v) is 7.76. The molecule has 120 valence electrons. The van der Waals surface area contributed by atoms with E-state index in [2.05, 4.69) is 5.32 Å². The van der Waals surface area contributed by atoms with Crippen LogP contribution in [0, 0.1) is 11.2 Å². The van der Waals surface area contributed by atoms with Crippen molar-refractivity contribution in [2.45, 2.75) is 51.5 Å². The van der Waals surface area contributed by atoms with E-state index in [0.717, 1.165) is 12.8 Å². The number of rotatable bonds is 8. The number of carbonyl (C=O) groups is 2. The van der Waals surface area contributed by atoms with Gasteiger partial charge in [-0.2, -0.15) is 0 Å². The second-order valence-electron chi connectivity index (χ2n) is 6.06. The summed E-state index contributed by atoms with van der Waals surface area (Å²) >= 11 is 0. The maximum atomic E-state index is 13.7. The number of unbranched alkanes of at least 4 members (excludes halogenated alkanes) is 1. The molecule has 1 aliphatic carbocycles. The zero-order valence-electron chi connectivity index (χ0n) is 12.8. The summed E-state index contributed by atoms with van der Waals surface area (Å²) in [6, 6.07) is 5.56. The highest BCUT2D eigenvalue weighted by molar-refractivity contribution is 5.89. The van der Waals surface area contributed by atoms with E-state index in [1.807, 2.05) is 6.92 Å². The Hall–Kier alpha value is -1.91. The van der Waals surface area contributed by atoms with Crippen molar-refractivity contribution in [3.63, 3.8) is 0 Å². The van der Waals surface area contributed by atoms with E-state index in [0.29, 0.717) is 31.2 Å². The van der Waals surface area contributed by atoms with E-state index in [9.17, 15) is 19.1 Å². The molecule has 0 bridgehead atoms. The molecule has 1 saturated carbocycles. The Kier molecular flexibility index (Phi) is 5.16. The molecule has 1 fully saturated rings. The van der Waals surface area contributed by atoms with Crippen LogP contribution in [0.25, 0.3) is 0 Å². The minimum atomic E-state index is -1.01. The minimum absolute atomic E-state index is 0.265. The number of amides is 1. The molecule has 5 heteroatoms. The molecule has 0 saturated heterocycles. The van der Waals surface area contributed by atoms with Crippen LogP contribution in [0.4, 0.5) is 4.39 Å². The van der Waals surface area contributed by atoms with Gasteiger partial charge < -0.3 is 10.4 Å². The molecule has 0 spiro atoms. The number of carboxylic acid groups (broad SMARTS) is 1. The fourth-order valence-electron chi connectivity index (χ4n) is 2.62. The Bertz CT molecular complexity index is 555. The van der Waals surface area contributed by atoms with Gasteiger partial charge in [-0.25, -0.2) is 9.18 Å². The van der Waals surface area contributed by atoms with Crippen molar-refractivity contribution in [2.75, 3.05) is 0 Å². The lowest BCUT2D eigenvalue weighted by atomic mass is 9.94. The van der Waals surface area contributed by atoms with Gasteiger partial charge in [0.15, 0.2) is 0 Å². The van der Waals surface area contributed by atoms with Crippen LogP contribution in [0.5, 0.6) is 0 Å². The van der Waals surface area contributed by atoms with Gasteiger partial charge in [0.2, 0.25) is 5.91 Å². The molecular formula is C17H22FNO3. The van der Waals surface area contributed by atoms with Crippen LogP contribution >= 0.6 is 0 Å². The molecular weight excluding hydrogens is 285 g/mol. The molecule has 0 heterocycles. The Balaban J connectivity index is 2.02. The fraction of sp³-hybridized carbons (Fsp3) is 0.529. The molecule has 2 rings (SSSR count). The monoisotopic (exact) mass is 307 g/mol. The van der Waals surface area contributed by atoms with Crippen LogP contribution < -0.4 is 5.32 Å². The molecule has 0 radical (unpaired) electrons. The second kappa shape index (κ2) is 6.90. The molecule has 22 heavy (non-hydrogen) atoms. The number of hydrogen-bond acceptors (Lipinski definition) is 2. The number of aliphatic carboxylic acids is 1. The van der Waals surface area contributed by atoms with Gasteiger partial charge in [0, 0.05) is 0 Å². The quantitative estimate of drug-likeness (QED) is 0.776. The average Bonchev–Trinajstić information content (AvgIpc) is 3.26. The van der Waals surface area contributed by atoms with Crippen LogP contribution in [0.3, 0.4) is 0 Å². The summed E-state index contributed by atoms with van der Waals surface area (Å²) in [5.74, 6) is -1.59. The Morgan fingerprint density at radius 3 is 2.59 bits per heavy atom. The van der Waals surface area contributed by atoms with Crippen LogP contribution in [0.2, 0.25) is 0 Å². The number of carboxylic acids is 1. The molecule has 0 unspecified atom stereocenters. The highest BCUT2D eigenvalue weighted by Crippen LogP contribution is 2.49. The topological polar surface area (TPSA) is 66.4 Å². The summed E-state index contributed by atoms with van der Waals surface area (Å²) in [6.07, 6.45) is 3.72. The van der Waals surface area contributed by atoms with Gasteiger partial charge in [0.05, 0.1) is 5.41 Å². The van der Waals surface area contributed by atoms with Crippen molar-refractivity contribution in [1.29, 1.82) is 0 Å². The molecule has 2 N–H and O–H groups in total. The zero-order chi connectivity index (χ0) is 16.2. The van der Waals surface area contributed by atoms with Crippen LogP contribution in [0.15, 0.2) is 24.3 Å². The maximum Gasteiger partial charge on any atom is 0.326 e. The minimum Gasteiger partial charge on any atom is -0.480 e. The lowest BCUT2D eigenvalue weighted by Gasteiger charge is -2.20. The summed E-state index contributed by atoms with van der Waals surface area (Å²) in [7, 11) is 0. The lowest BCUT2D eigenvalue weighted by molar-refractivity contribution is -0.143. The van der Waals surface area contributed by atoms with Gasteiger partial charge in [-0.05, 0) is 37.3 Å². The highest BCUT2D eigenvalue weighted by atomic mass is 19.1. The van der Waals surface area contributed by atoms with E-state index in [4.69, 9.17) is 0 Å². The fourth-order valence-corrected chi connectivity index (χ4v) is 2.62. The third-order valence-corrected chi connectivity index (χ3v) is 4.27. The second-order valence-corrected chi connectivity index (χ2v) is 6.06. The smallest absolute Gasteiger partial charge is 0.326 e. The normalized spacial score (nSPS) is 16.8. The predicted octanol–water partition coefficient (Wildman–Crippen LogP) is 2.91. The zero-order valence-corrected chi connectivity index (χ0v) is 12.8. The van der Waals surface area contributed by atoms with Crippen molar-refractivity contribution in [3.8, 4) is 0 Å². The van der Waals surface area contributed by atoms with Gasteiger partial charge in [-0.15, -0.1) is 0 Å². The summed E-state index contributed by atoms with van der Waals surface area (Å²) in [6.45, 7) is 1.97. The molecule has 1 aromatic rings. The average molecular weight is 307 g/mol. The third-order valence-electron chi connectivity index (χ3n) is 4.27. The third kappa shape index (κ3) is 3.84. The number of benzene rings is 1. The highest BCUT2D eigenvalue weighted by Gasteiger charge is 2.50. The standard InChI is InChI=1S/C17H22FNO3/c1-2-3-8-14(15(20)21)19-16(22)17(9-10-17)11-12-6-4-5-7-13(12)18/h4-7,14H,2-3,8-11H2,1H3,(H,19,22)(H,20,21)/t14-/m0/s1. The van der Waals surface area contributed by atoms with E-state index in [-0.39, 0.29) is 11.7 Å². The van der Waals surface area contributed by atoms with Crippen molar-refractivity contribution in [2.24, 2.45) is 5.41 Å². The Morgan fingerprint density at radius 1 is 1.36 bits per heavy atom.